The lowest BCUT2D eigenvalue weighted by atomic mass is 9.82. The quantitative estimate of drug-likeness (QED) is 0.865. The molecule has 19 heavy (non-hydrogen) atoms. The molecule has 1 aliphatic rings. The highest BCUT2D eigenvalue weighted by Gasteiger charge is 2.46. The Bertz CT molecular complexity index is 624. The van der Waals surface area contributed by atoms with Gasteiger partial charge >= 0.3 is 0 Å². The van der Waals surface area contributed by atoms with Gasteiger partial charge in [0.25, 0.3) is 5.91 Å². The summed E-state index contributed by atoms with van der Waals surface area (Å²) in [4.78, 5) is 17.3. The van der Waals surface area contributed by atoms with Crippen LogP contribution in [0.2, 0.25) is 0 Å². The number of hydrogen-bond donors (Lipinski definition) is 2. The summed E-state index contributed by atoms with van der Waals surface area (Å²) in [6.45, 7) is 4.80. The third-order valence-electron chi connectivity index (χ3n) is 4.12. The smallest absolute Gasteiger partial charge is 0.254 e. The van der Waals surface area contributed by atoms with Crippen molar-refractivity contribution in [3.8, 4) is 0 Å². The van der Waals surface area contributed by atoms with Gasteiger partial charge in [-0.15, -0.1) is 0 Å². The molecule has 4 nitrogen and oxygen atoms in total. The van der Waals surface area contributed by atoms with E-state index in [4.69, 9.17) is 0 Å². The predicted molar refractivity (Wildman–Crippen MR) is 74.0 cm³/mol. The van der Waals surface area contributed by atoms with Gasteiger partial charge in [0.2, 0.25) is 0 Å². The lowest BCUT2D eigenvalue weighted by Gasteiger charge is -2.49. The summed E-state index contributed by atoms with van der Waals surface area (Å²) in [5.74, 6) is 0.162. The zero-order chi connectivity index (χ0) is 13.6. The van der Waals surface area contributed by atoms with E-state index < -0.39 is 5.60 Å². The lowest BCUT2D eigenvalue weighted by molar-refractivity contribution is -0.110. The Labute approximate surface area is 112 Å². The van der Waals surface area contributed by atoms with Crippen molar-refractivity contribution in [3.05, 3.63) is 36.0 Å². The molecule has 0 bridgehead atoms. The van der Waals surface area contributed by atoms with Gasteiger partial charge < -0.3 is 15.0 Å². The van der Waals surface area contributed by atoms with Crippen LogP contribution in [-0.2, 0) is 0 Å². The average Bonchev–Trinajstić information content (AvgIpc) is 2.81. The van der Waals surface area contributed by atoms with E-state index in [2.05, 4.69) is 4.98 Å². The zero-order valence-electron chi connectivity index (χ0n) is 11.2. The van der Waals surface area contributed by atoms with Crippen molar-refractivity contribution in [2.75, 3.05) is 13.1 Å². The number of aliphatic hydroxyl groups is 1. The zero-order valence-corrected chi connectivity index (χ0v) is 11.2. The number of rotatable bonds is 2. The molecule has 2 heterocycles. The van der Waals surface area contributed by atoms with Gasteiger partial charge in [-0.3, -0.25) is 4.79 Å². The van der Waals surface area contributed by atoms with Crippen molar-refractivity contribution in [2.45, 2.75) is 19.4 Å². The van der Waals surface area contributed by atoms with E-state index in [0.29, 0.717) is 18.7 Å². The molecular formula is C15H18N2O2. The number of amides is 1. The first kappa shape index (κ1) is 12.2. The number of carbonyl (C=O) groups is 1. The Morgan fingerprint density at radius 3 is 2.79 bits per heavy atom. The first-order valence-electron chi connectivity index (χ1n) is 6.59. The van der Waals surface area contributed by atoms with Crippen LogP contribution < -0.4 is 0 Å². The molecule has 1 aliphatic heterocycles. The largest absolute Gasteiger partial charge is 0.386 e. The third-order valence-corrected chi connectivity index (χ3v) is 4.12. The minimum absolute atomic E-state index is 0.00414. The summed E-state index contributed by atoms with van der Waals surface area (Å²) in [7, 11) is 0. The fourth-order valence-electron chi connectivity index (χ4n) is 2.57. The van der Waals surface area contributed by atoms with Crippen LogP contribution in [-0.4, -0.2) is 39.6 Å². The molecule has 0 aliphatic carbocycles. The maximum atomic E-state index is 12.5. The predicted octanol–water partition coefficient (Wildman–Crippen LogP) is 2.01. The number of nitrogens with zero attached hydrogens (tertiary/aromatic N) is 1. The molecule has 1 fully saturated rings. The van der Waals surface area contributed by atoms with Crippen molar-refractivity contribution < 1.29 is 9.90 Å². The van der Waals surface area contributed by atoms with Gasteiger partial charge in [0.15, 0.2) is 0 Å². The molecule has 0 saturated carbocycles. The van der Waals surface area contributed by atoms with E-state index in [0.717, 1.165) is 10.9 Å². The van der Waals surface area contributed by atoms with E-state index in [1.807, 2.05) is 44.3 Å². The van der Waals surface area contributed by atoms with Crippen LogP contribution in [0.5, 0.6) is 0 Å². The molecule has 2 N–H and O–H groups in total. The van der Waals surface area contributed by atoms with Gasteiger partial charge in [-0.1, -0.05) is 19.9 Å². The molecule has 1 amide bonds. The van der Waals surface area contributed by atoms with Crippen LogP contribution in [0.4, 0.5) is 0 Å². The molecule has 100 valence electrons. The molecule has 0 radical (unpaired) electrons. The van der Waals surface area contributed by atoms with Crippen molar-refractivity contribution >= 4 is 16.8 Å². The number of carbonyl (C=O) groups excluding carboxylic acids is 1. The van der Waals surface area contributed by atoms with Crippen molar-refractivity contribution in [2.24, 2.45) is 5.92 Å². The van der Waals surface area contributed by atoms with Gasteiger partial charge in [-0.05, 0) is 24.1 Å². The highest BCUT2D eigenvalue weighted by atomic mass is 16.3. The van der Waals surface area contributed by atoms with E-state index in [-0.39, 0.29) is 11.8 Å². The Hall–Kier alpha value is -1.81. The SMILES string of the molecule is CC(C)C1(O)CN(C(=O)c2cccc3[nH]ccc23)C1. The number of aromatic amines is 1. The van der Waals surface area contributed by atoms with E-state index in [1.54, 1.807) is 4.90 Å². The number of nitrogens with one attached hydrogen (secondary N) is 1. The van der Waals surface area contributed by atoms with Crippen LogP contribution in [0.3, 0.4) is 0 Å². The number of H-pyrrole nitrogens is 1. The van der Waals surface area contributed by atoms with E-state index in [1.165, 1.54) is 0 Å². The Morgan fingerprint density at radius 1 is 1.37 bits per heavy atom. The highest BCUT2D eigenvalue weighted by Crippen LogP contribution is 2.30. The molecule has 2 aromatic rings. The molecule has 1 aromatic heterocycles. The van der Waals surface area contributed by atoms with Crippen molar-refractivity contribution in [1.29, 1.82) is 0 Å². The summed E-state index contributed by atoms with van der Waals surface area (Å²) in [6, 6.07) is 7.58. The molecule has 0 spiro atoms. The number of benzene rings is 1. The summed E-state index contributed by atoms with van der Waals surface area (Å²) in [5.41, 5.74) is 0.942. The highest BCUT2D eigenvalue weighted by molar-refractivity contribution is 6.06. The van der Waals surface area contributed by atoms with E-state index >= 15 is 0 Å². The van der Waals surface area contributed by atoms with Crippen LogP contribution in [0.25, 0.3) is 10.9 Å². The van der Waals surface area contributed by atoms with Crippen LogP contribution in [0.15, 0.2) is 30.5 Å². The summed E-state index contributed by atoms with van der Waals surface area (Å²) < 4.78 is 0. The minimum atomic E-state index is -0.721. The maximum Gasteiger partial charge on any atom is 0.254 e. The van der Waals surface area contributed by atoms with Gasteiger partial charge in [0, 0.05) is 22.7 Å². The third kappa shape index (κ3) is 1.83. The molecule has 0 unspecified atom stereocenters. The molecule has 4 heteroatoms. The van der Waals surface area contributed by atoms with Gasteiger partial charge in [-0.2, -0.15) is 0 Å². The van der Waals surface area contributed by atoms with Gasteiger partial charge in [0.1, 0.15) is 5.60 Å². The van der Waals surface area contributed by atoms with Crippen LogP contribution in [0.1, 0.15) is 24.2 Å². The Balaban J connectivity index is 1.85. The molecule has 1 aromatic carbocycles. The monoisotopic (exact) mass is 258 g/mol. The minimum Gasteiger partial charge on any atom is -0.386 e. The van der Waals surface area contributed by atoms with Gasteiger partial charge in [0.05, 0.1) is 13.1 Å². The normalized spacial score (nSPS) is 17.8. The van der Waals surface area contributed by atoms with E-state index in [9.17, 15) is 9.90 Å². The maximum absolute atomic E-state index is 12.5. The van der Waals surface area contributed by atoms with Crippen molar-refractivity contribution in [3.63, 3.8) is 0 Å². The standard InChI is InChI=1S/C15H18N2O2/c1-10(2)15(19)8-17(9-15)14(18)12-4-3-5-13-11(12)6-7-16-13/h3-7,10,16,19H,8-9H2,1-2H3. The first-order valence-corrected chi connectivity index (χ1v) is 6.59. The summed E-state index contributed by atoms with van der Waals surface area (Å²) >= 11 is 0. The van der Waals surface area contributed by atoms with Crippen molar-refractivity contribution in [1.82, 2.24) is 9.88 Å². The second-order valence-electron chi connectivity index (χ2n) is 5.66. The topological polar surface area (TPSA) is 56.3 Å². The lowest BCUT2D eigenvalue weighted by Crippen LogP contribution is -2.65. The average molecular weight is 258 g/mol. The molecule has 1 saturated heterocycles. The fraction of sp³-hybridized carbons (Fsp3) is 0.400. The van der Waals surface area contributed by atoms with Crippen LogP contribution >= 0.6 is 0 Å². The number of likely N-dealkylation sites (tertiary alicyclic amines) is 1. The first-order chi connectivity index (χ1) is 9.01. The van der Waals surface area contributed by atoms with Gasteiger partial charge in [-0.25, -0.2) is 0 Å². The Kier molecular flexibility index (Phi) is 2.64. The molecular weight excluding hydrogens is 240 g/mol. The second-order valence-corrected chi connectivity index (χ2v) is 5.66. The number of aromatic nitrogens is 1. The Morgan fingerprint density at radius 2 is 2.11 bits per heavy atom. The number of β-amino-alcohol motifs (C(OH)–C–C–N with tert-alkyl or cyclic N) is 1. The summed E-state index contributed by atoms with van der Waals surface area (Å²) in [6.07, 6.45) is 1.84. The molecule has 0 atom stereocenters. The van der Waals surface area contributed by atoms with Crippen LogP contribution in [0, 0.1) is 5.92 Å². The second kappa shape index (κ2) is 4.10. The number of fused-ring (bicyclic) bond motifs is 1. The number of hydrogen-bond acceptors (Lipinski definition) is 2. The fourth-order valence-corrected chi connectivity index (χ4v) is 2.57. The summed E-state index contributed by atoms with van der Waals surface area (Å²) in [5, 5.41) is 11.2. The molecule has 3 rings (SSSR count).